The van der Waals surface area contributed by atoms with E-state index in [1.165, 1.54) is 6.07 Å². The van der Waals surface area contributed by atoms with Crippen molar-refractivity contribution in [3.63, 3.8) is 0 Å². The number of aryl methyl sites for hydroxylation is 1. The minimum atomic E-state index is -0.885. The van der Waals surface area contributed by atoms with Crippen LogP contribution in [-0.4, -0.2) is 10.5 Å². The Morgan fingerprint density at radius 2 is 1.78 bits per heavy atom. The second kappa shape index (κ2) is 7.35. The summed E-state index contributed by atoms with van der Waals surface area (Å²) < 4.78 is 28.9. The van der Waals surface area contributed by atoms with Gasteiger partial charge in [-0.2, -0.15) is 0 Å². The van der Waals surface area contributed by atoms with Crippen molar-refractivity contribution in [2.75, 3.05) is 0 Å². The van der Waals surface area contributed by atoms with Gasteiger partial charge in [-0.15, -0.1) is 0 Å². The maximum atomic E-state index is 13.6. The molecule has 27 heavy (non-hydrogen) atoms. The molecule has 0 aliphatic heterocycles. The molecule has 0 aliphatic carbocycles. The van der Waals surface area contributed by atoms with Crippen LogP contribution in [0, 0.1) is 25.5 Å². The molecule has 140 valence electrons. The maximum absolute atomic E-state index is 13.6. The van der Waals surface area contributed by atoms with Crippen molar-refractivity contribution < 1.29 is 13.6 Å². The zero-order chi connectivity index (χ0) is 19.7. The number of nitrogens with zero attached hydrogens (tertiary/aromatic N) is 1. The van der Waals surface area contributed by atoms with E-state index in [2.05, 4.69) is 0 Å². The molecular formula is C22H22F2N2O. The number of carbonyl (C=O) groups excluding carboxylic acids is 1. The summed E-state index contributed by atoms with van der Waals surface area (Å²) in [7, 11) is 0. The summed E-state index contributed by atoms with van der Waals surface area (Å²) in [5.41, 5.74) is 11.3. The average molecular weight is 368 g/mol. The lowest BCUT2D eigenvalue weighted by Gasteiger charge is -2.13. The van der Waals surface area contributed by atoms with Crippen LogP contribution in [0.1, 0.15) is 39.8 Å². The van der Waals surface area contributed by atoms with E-state index in [0.717, 1.165) is 34.1 Å². The van der Waals surface area contributed by atoms with E-state index >= 15 is 0 Å². The fraction of sp³-hybridized carbons (Fsp3) is 0.227. The first-order valence-electron chi connectivity index (χ1n) is 8.86. The van der Waals surface area contributed by atoms with E-state index in [1.54, 1.807) is 6.07 Å². The summed E-state index contributed by atoms with van der Waals surface area (Å²) >= 11 is 0. The van der Waals surface area contributed by atoms with Crippen LogP contribution < -0.4 is 5.73 Å². The van der Waals surface area contributed by atoms with Gasteiger partial charge in [0.05, 0.1) is 5.56 Å². The SMILES string of the molecule is CCc1c(-c2ccccc2C)c(C(N)=O)c(C)n1Cc1ccc(F)c(F)c1. The highest BCUT2D eigenvalue weighted by Crippen LogP contribution is 2.35. The van der Waals surface area contributed by atoms with Gasteiger partial charge in [-0.3, -0.25) is 4.79 Å². The molecule has 0 fully saturated rings. The predicted octanol–water partition coefficient (Wildman–Crippen LogP) is 4.76. The van der Waals surface area contributed by atoms with E-state index in [0.29, 0.717) is 24.1 Å². The Labute approximate surface area is 157 Å². The smallest absolute Gasteiger partial charge is 0.251 e. The molecule has 0 bridgehead atoms. The number of hydrogen-bond donors (Lipinski definition) is 1. The number of aromatic nitrogens is 1. The third-order valence-electron chi connectivity index (χ3n) is 4.95. The third-order valence-corrected chi connectivity index (χ3v) is 4.95. The minimum Gasteiger partial charge on any atom is -0.366 e. The van der Waals surface area contributed by atoms with Crippen LogP contribution in [0.3, 0.4) is 0 Å². The molecule has 3 rings (SSSR count). The van der Waals surface area contributed by atoms with Gasteiger partial charge < -0.3 is 10.3 Å². The zero-order valence-electron chi connectivity index (χ0n) is 15.6. The van der Waals surface area contributed by atoms with Gasteiger partial charge in [0.1, 0.15) is 0 Å². The van der Waals surface area contributed by atoms with Crippen molar-refractivity contribution in [3.05, 3.63) is 82.2 Å². The molecule has 0 saturated heterocycles. The molecule has 1 aromatic heterocycles. The Bertz CT molecular complexity index is 1020. The second-order valence-electron chi connectivity index (χ2n) is 6.65. The van der Waals surface area contributed by atoms with E-state index in [9.17, 15) is 13.6 Å². The molecule has 1 heterocycles. The van der Waals surface area contributed by atoms with Gasteiger partial charge >= 0.3 is 0 Å². The molecule has 0 unspecified atom stereocenters. The molecule has 3 nitrogen and oxygen atoms in total. The molecule has 2 aromatic carbocycles. The van der Waals surface area contributed by atoms with Gasteiger partial charge in [0.2, 0.25) is 0 Å². The standard InChI is InChI=1S/C22H22F2N2O/c1-4-19-21(16-8-6-5-7-13(16)2)20(22(25)27)14(3)26(19)12-15-9-10-17(23)18(24)11-15/h5-11H,4,12H2,1-3H3,(H2,25,27). The molecule has 0 aliphatic rings. The molecule has 0 saturated carbocycles. The first-order valence-corrected chi connectivity index (χ1v) is 8.86. The molecule has 2 N–H and O–H groups in total. The molecule has 0 atom stereocenters. The van der Waals surface area contributed by atoms with Crippen molar-refractivity contribution in [2.45, 2.75) is 33.7 Å². The van der Waals surface area contributed by atoms with E-state index in [4.69, 9.17) is 5.73 Å². The quantitative estimate of drug-likeness (QED) is 0.693. The monoisotopic (exact) mass is 368 g/mol. The molecule has 3 aromatic rings. The fourth-order valence-corrected chi connectivity index (χ4v) is 3.64. The summed E-state index contributed by atoms with van der Waals surface area (Å²) in [6, 6.07) is 11.7. The van der Waals surface area contributed by atoms with Crippen LogP contribution in [0.5, 0.6) is 0 Å². The fourth-order valence-electron chi connectivity index (χ4n) is 3.64. The van der Waals surface area contributed by atoms with Gasteiger partial charge in [-0.05, 0) is 49.1 Å². The van der Waals surface area contributed by atoms with Gasteiger partial charge in [0, 0.05) is 23.5 Å². The van der Waals surface area contributed by atoms with Gasteiger partial charge in [0.15, 0.2) is 11.6 Å². The van der Waals surface area contributed by atoms with E-state index in [1.807, 2.05) is 49.6 Å². The minimum absolute atomic E-state index is 0.332. The van der Waals surface area contributed by atoms with Crippen molar-refractivity contribution in [2.24, 2.45) is 5.73 Å². The molecular weight excluding hydrogens is 346 g/mol. The van der Waals surface area contributed by atoms with Gasteiger partial charge in [0.25, 0.3) is 5.91 Å². The highest BCUT2D eigenvalue weighted by Gasteiger charge is 2.24. The maximum Gasteiger partial charge on any atom is 0.251 e. The Hall–Kier alpha value is -2.95. The largest absolute Gasteiger partial charge is 0.366 e. The Morgan fingerprint density at radius 1 is 1.07 bits per heavy atom. The van der Waals surface area contributed by atoms with Crippen LogP contribution >= 0.6 is 0 Å². The van der Waals surface area contributed by atoms with Crippen LogP contribution in [0.4, 0.5) is 8.78 Å². The number of benzene rings is 2. The Kier molecular flexibility index (Phi) is 5.13. The zero-order valence-corrected chi connectivity index (χ0v) is 15.6. The molecule has 5 heteroatoms. The summed E-state index contributed by atoms with van der Waals surface area (Å²) in [5, 5.41) is 0. The highest BCUT2D eigenvalue weighted by atomic mass is 19.2. The second-order valence-corrected chi connectivity index (χ2v) is 6.65. The van der Waals surface area contributed by atoms with Crippen LogP contribution in [0.25, 0.3) is 11.1 Å². The first kappa shape index (κ1) is 18.8. The van der Waals surface area contributed by atoms with Crippen molar-refractivity contribution >= 4 is 5.91 Å². The van der Waals surface area contributed by atoms with Crippen molar-refractivity contribution in [1.29, 1.82) is 0 Å². The number of hydrogen-bond acceptors (Lipinski definition) is 1. The van der Waals surface area contributed by atoms with E-state index < -0.39 is 17.5 Å². The molecule has 1 amide bonds. The third kappa shape index (κ3) is 3.37. The predicted molar refractivity (Wildman–Crippen MR) is 103 cm³/mol. The van der Waals surface area contributed by atoms with Gasteiger partial charge in [-0.1, -0.05) is 37.3 Å². The molecule has 0 spiro atoms. The number of primary amides is 1. The number of halogens is 2. The van der Waals surface area contributed by atoms with Crippen LogP contribution in [0.15, 0.2) is 42.5 Å². The summed E-state index contributed by atoms with van der Waals surface area (Å²) in [6.07, 6.45) is 0.668. The summed E-state index contributed by atoms with van der Waals surface area (Å²) in [5.74, 6) is -2.26. The van der Waals surface area contributed by atoms with Crippen LogP contribution in [-0.2, 0) is 13.0 Å². The summed E-state index contributed by atoms with van der Waals surface area (Å²) in [4.78, 5) is 12.3. The average Bonchev–Trinajstić information content (AvgIpc) is 2.90. The number of amides is 1. The van der Waals surface area contributed by atoms with Gasteiger partial charge in [-0.25, -0.2) is 8.78 Å². The highest BCUT2D eigenvalue weighted by molar-refractivity contribution is 6.02. The Balaban J connectivity index is 2.23. The number of nitrogens with two attached hydrogens (primary N) is 1. The normalized spacial score (nSPS) is 11.0. The molecule has 0 radical (unpaired) electrons. The summed E-state index contributed by atoms with van der Waals surface area (Å²) in [6.45, 7) is 6.16. The van der Waals surface area contributed by atoms with E-state index in [-0.39, 0.29) is 0 Å². The van der Waals surface area contributed by atoms with Crippen LogP contribution in [0.2, 0.25) is 0 Å². The number of carbonyl (C=O) groups is 1. The van der Waals surface area contributed by atoms with Crippen molar-refractivity contribution in [3.8, 4) is 11.1 Å². The lowest BCUT2D eigenvalue weighted by Crippen LogP contribution is -2.14. The first-order chi connectivity index (χ1) is 12.8. The lowest BCUT2D eigenvalue weighted by atomic mass is 9.95. The number of rotatable bonds is 5. The topological polar surface area (TPSA) is 48.0 Å². The van der Waals surface area contributed by atoms with Crippen molar-refractivity contribution in [1.82, 2.24) is 4.57 Å². The lowest BCUT2D eigenvalue weighted by molar-refractivity contribution is 0.1000. The Morgan fingerprint density at radius 3 is 2.37 bits per heavy atom.